The van der Waals surface area contributed by atoms with Gasteiger partial charge in [0.25, 0.3) is 10.1 Å². The fraction of sp³-hybridized carbons (Fsp3) is 1.00. The van der Waals surface area contributed by atoms with E-state index in [1.807, 2.05) is 0 Å². The molecule has 2 atom stereocenters. The lowest BCUT2D eigenvalue weighted by atomic mass is 10.2. The number of azide groups is 1. The fourth-order valence-electron chi connectivity index (χ4n) is 0.678. The van der Waals surface area contributed by atoms with E-state index in [1.165, 1.54) is 0 Å². The number of rotatable bonds is 6. The van der Waals surface area contributed by atoms with Gasteiger partial charge < -0.3 is 10.2 Å². The molecule has 0 rings (SSSR count). The second-order valence-electron chi connectivity index (χ2n) is 2.50. The van der Waals surface area contributed by atoms with Crippen molar-refractivity contribution < 1.29 is 22.8 Å². The molecular weight excluding hydrogens is 214 g/mol. The van der Waals surface area contributed by atoms with Gasteiger partial charge >= 0.3 is 0 Å². The Balaban J connectivity index is 4.33. The van der Waals surface area contributed by atoms with Crippen LogP contribution in [-0.2, 0) is 14.3 Å². The number of aliphatic hydroxyl groups excluding tert-OH is 2. The zero-order chi connectivity index (χ0) is 11.2. The molecule has 0 aromatic heterocycles. The molecule has 2 N–H and O–H groups in total. The SMILES string of the molecule is CS(=O)(=O)O[C@H](CO)[C@@H](O)CN=[N+]=[N-]. The summed E-state index contributed by atoms with van der Waals surface area (Å²) < 4.78 is 25.6. The summed E-state index contributed by atoms with van der Waals surface area (Å²) in [6.45, 7) is -1.05. The Kier molecular flexibility index (Phi) is 5.43. The first kappa shape index (κ1) is 13.1. The monoisotopic (exact) mass is 225 g/mol. The average molecular weight is 225 g/mol. The molecule has 0 aliphatic rings. The maximum Gasteiger partial charge on any atom is 0.264 e. The molecule has 9 heteroatoms. The van der Waals surface area contributed by atoms with Gasteiger partial charge in [0.1, 0.15) is 6.10 Å². The quantitative estimate of drug-likeness (QED) is 0.259. The molecule has 0 aromatic rings. The van der Waals surface area contributed by atoms with E-state index < -0.39 is 28.9 Å². The van der Waals surface area contributed by atoms with E-state index in [0.29, 0.717) is 0 Å². The summed E-state index contributed by atoms with van der Waals surface area (Å²) in [7, 11) is -3.76. The van der Waals surface area contributed by atoms with Crippen LogP contribution in [0.1, 0.15) is 0 Å². The Morgan fingerprint density at radius 1 is 1.64 bits per heavy atom. The Labute approximate surface area is 80.9 Å². The summed E-state index contributed by atoms with van der Waals surface area (Å²) in [6, 6.07) is 0. The predicted molar refractivity (Wildman–Crippen MR) is 46.8 cm³/mol. The Hall–Kier alpha value is -0.860. The minimum absolute atomic E-state index is 0.364. The first-order chi connectivity index (χ1) is 6.40. The van der Waals surface area contributed by atoms with Crippen LogP contribution in [0.2, 0.25) is 0 Å². The Bertz CT molecular complexity index is 309. The summed E-state index contributed by atoms with van der Waals surface area (Å²) in [5, 5.41) is 20.9. The molecule has 8 nitrogen and oxygen atoms in total. The number of hydrogen-bond donors (Lipinski definition) is 2. The van der Waals surface area contributed by atoms with Crippen molar-refractivity contribution in [1.29, 1.82) is 0 Å². The van der Waals surface area contributed by atoms with E-state index in [2.05, 4.69) is 14.2 Å². The van der Waals surface area contributed by atoms with E-state index in [-0.39, 0.29) is 6.54 Å². The summed E-state index contributed by atoms with van der Waals surface area (Å²) in [6.07, 6.45) is -1.88. The largest absolute Gasteiger partial charge is 0.394 e. The Morgan fingerprint density at radius 3 is 2.57 bits per heavy atom. The molecule has 0 spiro atoms. The highest BCUT2D eigenvalue weighted by Crippen LogP contribution is 2.03. The van der Waals surface area contributed by atoms with Crippen molar-refractivity contribution in [2.45, 2.75) is 12.2 Å². The van der Waals surface area contributed by atoms with Crippen LogP contribution in [-0.4, -0.2) is 50.2 Å². The van der Waals surface area contributed by atoms with Crippen LogP contribution < -0.4 is 0 Å². The highest BCUT2D eigenvalue weighted by atomic mass is 32.2. The Morgan fingerprint density at radius 2 is 2.21 bits per heavy atom. The van der Waals surface area contributed by atoms with Crippen molar-refractivity contribution in [1.82, 2.24) is 0 Å². The molecule has 14 heavy (non-hydrogen) atoms. The summed E-state index contributed by atoms with van der Waals surface area (Å²) in [5.74, 6) is 0. The van der Waals surface area contributed by atoms with E-state index in [4.69, 9.17) is 10.6 Å². The third kappa shape index (κ3) is 5.73. The van der Waals surface area contributed by atoms with Crippen LogP contribution in [0.15, 0.2) is 5.11 Å². The van der Waals surface area contributed by atoms with Gasteiger partial charge in [-0.1, -0.05) is 5.11 Å². The summed E-state index contributed by atoms with van der Waals surface area (Å²) in [5.41, 5.74) is 7.93. The smallest absolute Gasteiger partial charge is 0.264 e. The molecule has 0 aliphatic carbocycles. The van der Waals surface area contributed by atoms with Crippen molar-refractivity contribution >= 4 is 10.1 Å². The molecule has 0 aliphatic heterocycles. The second kappa shape index (κ2) is 5.78. The van der Waals surface area contributed by atoms with Gasteiger partial charge in [-0.25, -0.2) is 0 Å². The van der Waals surface area contributed by atoms with Gasteiger partial charge in [0, 0.05) is 4.91 Å². The molecule has 0 saturated heterocycles. The van der Waals surface area contributed by atoms with E-state index in [1.54, 1.807) is 0 Å². The van der Waals surface area contributed by atoms with E-state index in [0.717, 1.165) is 6.26 Å². The maximum absolute atomic E-state index is 10.6. The van der Waals surface area contributed by atoms with Crippen LogP contribution in [0.5, 0.6) is 0 Å². The summed E-state index contributed by atoms with van der Waals surface area (Å²) >= 11 is 0. The zero-order valence-corrected chi connectivity index (χ0v) is 8.25. The van der Waals surface area contributed by atoms with Crippen LogP contribution in [0.4, 0.5) is 0 Å². The van der Waals surface area contributed by atoms with Gasteiger partial charge in [-0.15, -0.1) is 0 Å². The molecule has 0 radical (unpaired) electrons. The molecule has 0 fully saturated rings. The van der Waals surface area contributed by atoms with Crippen molar-refractivity contribution in [2.24, 2.45) is 5.11 Å². The molecule has 0 aromatic carbocycles. The molecular formula is C5H11N3O5S. The van der Waals surface area contributed by atoms with Crippen LogP contribution in [0.25, 0.3) is 10.4 Å². The zero-order valence-electron chi connectivity index (χ0n) is 7.44. The predicted octanol–water partition coefficient (Wildman–Crippen LogP) is -1.01. The van der Waals surface area contributed by atoms with Crippen molar-refractivity contribution in [3.05, 3.63) is 10.4 Å². The summed E-state index contributed by atoms with van der Waals surface area (Å²) in [4.78, 5) is 2.37. The standard InChI is InChI=1S/C5H11N3O5S/c1-14(11,12)13-5(3-9)4(10)2-7-8-6/h4-5,9-10H,2-3H2,1H3/t4-,5+/m0/s1. The van der Waals surface area contributed by atoms with Crippen molar-refractivity contribution in [2.75, 3.05) is 19.4 Å². The minimum atomic E-state index is -3.76. The lowest BCUT2D eigenvalue weighted by molar-refractivity contribution is 0.0112. The van der Waals surface area contributed by atoms with Crippen LogP contribution in [0, 0.1) is 0 Å². The molecule has 82 valence electrons. The van der Waals surface area contributed by atoms with Crippen molar-refractivity contribution in [3.63, 3.8) is 0 Å². The van der Waals surface area contributed by atoms with Gasteiger partial charge in [-0.05, 0) is 5.53 Å². The van der Waals surface area contributed by atoms with E-state index in [9.17, 15) is 13.5 Å². The molecule has 0 amide bonds. The van der Waals surface area contributed by atoms with Crippen LogP contribution >= 0.6 is 0 Å². The number of nitrogens with zero attached hydrogens (tertiary/aromatic N) is 3. The maximum atomic E-state index is 10.6. The first-order valence-electron chi connectivity index (χ1n) is 3.58. The highest BCUT2D eigenvalue weighted by molar-refractivity contribution is 7.86. The van der Waals surface area contributed by atoms with E-state index >= 15 is 0 Å². The van der Waals surface area contributed by atoms with Gasteiger partial charge in [-0.3, -0.25) is 4.18 Å². The molecule has 0 unspecified atom stereocenters. The normalized spacial score (nSPS) is 15.6. The third-order valence-corrected chi connectivity index (χ3v) is 1.84. The average Bonchev–Trinajstić information content (AvgIpc) is 2.08. The lowest BCUT2D eigenvalue weighted by Gasteiger charge is -2.17. The lowest BCUT2D eigenvalue weighted by Crippen LogP contribution is -2.36. The number of hydrogen-bond acceptors (Lipinski definition) is 6. The first-order valence-corrected chi connectivity index (χ1v) is 5.40. The minimum Gasteiger partial charge on any atom is -0.394 e. The molecule has 0 bridgehead atoms. The van der Waals surface area contributed by atoms with Gasteiger partial charge in [0.05, 0.1) is 25.5 Å². The van der Waals surface area contributed by atoms with Gasteiger partial charge in [0.15, 0.2) is 0 Å². The van der Waals surface area contributed by atoms with Gasteiger partial charge in [0.2, 0.25) is 0 Å². The topological polar surface area (TPSA) is 133 Å². The second-order valence-corrected chi connectivity index (χ2v) is 4.10. The highest BCUT2D eigenvalue weighted by Gasteiger charge is 2.22. The molecule has 0 heterocycles. The van der Waals surface area contributed by atoms with Crippen molar-refractivity contribution in [3.8, 4) is 0 Å². The third-order valence-electron chi connectivity index (χ3n) is 1.24. The van der Waals surface area contributed by atoms with Gasteiger partial charge in [-0.2, -0.15) is 8.42 Å². The fourth-order valence-corrected chi connectivity index (χ4v) is 1.32. The molecule has 0 saturated carbocycles. The number of aliphatic hydroxyl groups is 2. The van der Waals surface area contributed by atoms with Crippen LogP contribution in [0.3, 0.4) is 0 Å².